The van der Waals surface area contributed by atoms with Gasteiger partial charge < -0.3 is 4.42 Å². The molecule has 2 aromatic heterocycles. The highest BCUT2D eigenvalue weighted by molar-refractivity contribution is 7.99. The summed E-state index contributed by atoms with van der Waals surface area (Å²) in [5, 5.41) is 0.998. The van der Waals surface area contributed by atoms with Gasteiger partial charge in [0.1, 0.15) is 22.3 Å². The molecule has 0 bridgehead atoms. The van der Waals surface area contributed by atoms with Crippen LogP contribution in [0.3, 0.4) is 0 Å². The highest BCUT2D eigenvalue weighted by atomic mass is 35.5. The largest absolute Gasteiger partial charge is 0.439 e. The lowest BCUT2D eigenvalue weighted by Crippen LogP contribution is -1.98. The van der Waals surface area contributed by atoms with E-state index >= 15 is 0 Å². The zero-order valence-corrected chi connectivity index (χ0v) is 10.7. The first-order valence-electron chi connectivity index (χ1n) is 4.69. The fourth-order valence-electron chi connectivity index (χ4n) is 1.16. The van der Waals surface area contributed by atoms with Crippen LogP contribution in [0, 0.1) is 13.8 Å². The maximum absolute atomic E-state index is 10.9. The van der Waals surface area contributed by atoms with Crippen molar-refractivity contribution in [2.24, 2.45) is 0 Å². The van der Waals surface area contributed by atoms with Crippen molar-refractivity contribution in [1.29, 1.82) is 0 Å². The Bertz CT molecular complexity index is 571. The lowest BCUT2D eigenvalue weighted by molar-refractivity contribution is 0.112. The standard InChI is InChI=1S/C10H8ClN3O2S/c1-5-4-16-10(12-5)17-9-7(3-15)8(11)13-6(2)14-9/h3-4H,1-2H3. The molecule has 0 unspecified atom stereocenters. The van der Waals surface area contributed by atoms with E-state index in [9.17, 15) is 4.79 Å². The smallest absolute Gasteiger partial charge is 0.262 e. The topological polar surface area (TPSA) is 68.9 Å². The molecule has 88 valence electrons. The number of nitrogens with zero attached hydrogens (tertiary/aromatic N) is 3. The van der Waals surface area contributed by atoms with Crippen LogP contribution in [0.15, 0.2) is 20.9 Å². The van der Waals surface area contributed by atoms with E-state index in [-0.39, 0.29) is 10.7 Å². The van der Waals surface area contributed by atoms with Gasteiger partial charge in [-0.1, -0.05) is 11.6 Å². The summed E-state index contributed by atoms with van der Waals surface area (Å²) in [6.07, 6.45) is 2.15. The number of halogens is 1. The van der Waals surface area contributed by atoms with Gasteiger partial charge in [-0.05, 0) is 25.6 Å². The lowest BCUT2D eigenvalue weighted by Gasteiger charge is -2.03. The van der Waals surface area contributed by atoms with Crippen molar-refractivity contribution >= 4 is 29.6 Å². The van der Waals surface area contributed by atoms with E-state index in [0.717, 1.165) is 17.5 Å². The van der Waals surface area contributed by atoms with Gasteiger partial charge in [0.25, 0.3) is 5.22 Å². The Balaban J connectivity index is 2.41. The Morgan fingerprint density at radius 1 is 1.35 bits per heavy atom. The van der Waals surface area contributed by atoms with Crippen molar-refractivity contribution in [3.63, 3.8) is 0 Å². The molecule has 0 aliphatic rings. The molecule has 0 saturated carbocycles. The fraction of sp³-hybridized carbons (Fsp3) is 0.200. The van der Waals surface area contributed by atoms with Gasteiger partial charge in [0, 0.05) is 0 Å². The molecule has 0 aromatic carbocycles. The first kappa shape index (κ1) is 12.1. The Morgan fingerprint density at radius 3 is 2.71 bits per heavy atom. The summed E-state index contributed by atoms with van der Waals surface area (Å²) in [7, 11) is 0. The van der Waals surface area contributed by atoms with E-state index in [2.05, 4.69) is 15.0 Å². The highest BCUT2D eigenvalue weighted by Gasteiger charge is 2.14. The molecule has 2 heterocycles. The number of hydrogen-bond acceptors (Lipinski definition) is 6. The molecule has 5 nitrogen and oxygen atoms in total. The van der Waals surface area contributed by atoms with Gasteiger partial charge in [-0.2, -0.15) is 0 Å². The van der Waals surface area contributed by atoms with Crippen LogP contribution >= 0.6 is 23.4 Å². The molecule has 0 atom stereocenters. The van der Waals surface area contributed by atoms with Gasteiger partial charge in [-0.25, -0.2) is 15.0 Å². The summed E-state index contributed by atoms with van der Waals surface area (Å²) in [6.45, 7) is 3.51. The molecule has 0 saturated heterocycles. The predicted octanol–water partition coefficient (Wildman–Crippen LogP) is 2.70. The minimum Gasteiger partial charge on any atom is -0.439 e. The fourth-order valence-corrected chi connectivity index (χ4v) is 2.36. The Labute approximate surface area is 107 Å². The van der Waals surface area contributed by atoms with E-state index in [1.54, 1.807) is 6.92 Å². The van der Waals surface area contributed by atoms with E-state index in [4.69, 9.17) is 16.0 Å². The maximum atomic E-state index is 10.9. The van der Waals surface area contributed by atoms with Crippen molar-refractivity contribution in [3.8, 4) is 0 Å². The number of carbonyl (C=O) groups excluding carboxylic acids is 1. The van der Waals surface area contributed by atoms with Gasteiger partial charge in [0.05, 0.1) is 11.3 Å². The summed E-state index contributed by atoms with van der Waals surface area (Å²) in [6, 6.07) is 0. The summed E-state index contributed by atoms with van der Waals surface area (Å²) in [4.78, 5) is 23.1. The molecular weight excluding hydrogens is 262 g/mol. The summed E-state index contributed by atoms with van der Waals surface area (Å²) in [5.74, 6) is 0.492. The second kappa shape index (κ2) is 4.85. The van der Waals surface area contributed by atoms with E-state index in [1.807, 2.05) is 6.92 Å². The molecule has 0 aliphatic carbocycles. The van der Waals surface area contributed by atoms with Crippen molar-refractivity contribution in [2.75, 3.05) is 0 Å². The Hall–Kier alpha value is -1.40. The van der Waals surface area contributed by atoms with Crippen LogP contribution in [-0.4, -0.2) is 21.2 Å². The molecule has 0 amide bonds. The summed E-state index contributed by atoms with van der Waals surface area (Å²) >= 11 is 7.00. The monoisotopic (exact) mass is 269 g/mol. The zero-order chi connectivity index (χ0) is 12.4. The minimum absolute atomic E-state index is 0.137. The summed E-state index contributed by atoms with van der Waals surface area (Å²) < 4.78 is 5.18. The number of aromatic nitrogens is 3. The molecule has 2 aromatic rings. The number of hydrogen-bond donors (Lipinski definition) is 0. The number of oxazole rings is 1. The molecule has 7 heteroatoms. The van der Waals surface area contributed by atoms with Gasteiger partial charge in [0.15, 0.2) is 6.29 Å². The number of aldehydes is 1. The number of carbonyl (C=O) groups is 1. The van der Waals surface area contributed by atoms with E-state index in [0.29, 0.717) is 22.4 Å². The number of aryl methyl sites for hydroxylation is 2. The van der Waals surface area contributed by atoms with Crippen molar-refractivity contribution < 1.29 is 9.21 Å². The third-order valence-electron chi connectivity index (χ3n) is 1.88. The molecule has 0 radical (unpaired) electrons. The third-order valence-corrected chi connectivity index (χ3v) is 3.03. The zero-order valence-electron chi connectivity index (χ0n) is 9.10. The Kier molecular flexibility index (Phi) is 3.44. The predicted molar refractivity (Wildman–Crippen MR) is 62.5 cm³/mol. The van der Waals surface area contributed by atoms with Crippen LogP contribution in [0.5, 0.6) is 0 Å². The van der Waals surface area contributed by atoms with Crippen molar-refractivity contribution in [3.05, 3.63) is 28.5 Å². The van der Waals surface area contributed by atoms with Crippen molar-refractivity contribution in [2.45, 2.75) is 24.1 Å². The highest BCUT2D eigenvalue weighted by Crippen LogP contribution is 2.30. The third kappa shape index (κ3) is 2.65. The quantitative estimate of drug-likeness (QED) is 0.630. The summed E-state index contributed by atoms with van der Waals surface area (Å²) in [5.41, 5.74) is 1.01. The molecule has 0 fully saturated rings. The normalized spacial score (nSPS) is 10.5. The van der Waals surface area contributed by atoms with E-state index < -0.39 is 0 Å². The van der Waals surface area contributed by atoms with Crippen LogP contribution in [0.2, 0.25) is 5.15 Å². The average Bonchev–Trinajstić information content (AvgIpc) is 2.63. The van der Waals surface area contributed by atoms with Gasteiger partial charge >= 0.3 is 0 Å². The second-order valence-corrected chi connectivity index (χ2v) is 4.55. The molecule has 0 N–H and O–H groups in total. The molecule has 2 rings (SSSR count). The molecule has 0 aliphatic heterocycles. The minimum atomic E-state index is 0.137. The van der Waals surface area contributed by atoms with E-state index in [1.165, 1.54) is 6.26 Å². The van der Waals surface area contributed by atoms with Crippen LogP contribution in [0.4, 0.5) is 0 Å². The van der Waals surface area contributed by atoms with Gasteiger partial charge in [-0.15, -0.1) is 0 Å². The van der Waals surface area contributed by atoms with Crippen LogP contribution in [0.1, 0.15) is 21.9 Å². The first-order chi connectivity index (χ1) is 8.10. The lowest BCUT2D eigenvalue weighted by atomic mass is 10.4. The van der Waals surface area contributed by atoms with Crippen LogP contribution in [0.25, 0.3) is 0 Å². The van der Waals surface area contributed by atoms with Crippen molar-refractivity contribution in [1.82, 2.24) is 15.0 Å². The molecule has 17 heavy (non-hydrogen) atoms. The molecule has 0 spiro atoms. The van der Waals surface area contributed by atoms with Crippen LogP contribution < -0.4 is 0 Å². The maximum Gasteiger partial charge on any atom is 0.262 e. The SMILES string of the molecule is Cc1coc(Sc2nc(C)nc(Cl)c2C=O)n1. The number of rotatable bonds is 3. The van der Waals surface area contributed by atoms with Gasteiger partial charge in [-0.3, -0.25) is 4.79 Å². The molecular formula is C10H8ClN3O2S. The van der Waals surface area contributed by atoms with Gasteiger partial charge in [0.2, 0.25) is 0 Å². The second-order valence-electron chi connectivity index (χ2n) is 3.26. The first-order valence-corrected chi connectivity index (χ1v) is 5.89. The van der Waals surface area contributed by atoms with Crippen LogP contribution in [-0.2, 0) is 0 Å². The average molecular weight is 270 g/mol. The Morgan fingerprint density at radius 2 is 2.12 bits per heavy atom.